The number of carbonyl (C=O) groups excluding carboxylic acids is 1. The molecule has 4 aromatic rings. The van der Waals surface area contributed by atoms with Crippen molar-refractivity contribution in [2.45, 2.75) is 98.8 Å². The Labute approximate surface area is 283 Å². The summed E-state index contributed by atoms with van der Waals surface area (Å²) in [4.78, 5) is 16.8. The molecule has 0 bridgehead atoms. The first-order chi connectivity index (χ1) is 20.9. The van der Waals surface area contributed by atoms with Crippen LogP contribution in [0.5, 0.6) is 0 Å². The predicted octanol–water partition coefficient (Wildman–Crippen LogP) is 10.5. The van der Waals surface area contributed by atoms with Gasteiger partial charge in [0.05, 0.1) is 17.3 Å². The van der Waals surface area contributed by atoms with Gasteiger partial charge in [0.25, 0.3) is 0 Å². The SMILES string of the molecule is CCC(CC)C(=O)/C=C(\O)C(CC)CC.Cc1c2c([c-]c3ccc(C#N)cc13)-c1nc3ccccc3cc1C(C)(C)C2(C)C.[Ir]. The van der Waals surface area contributed by atoms with Crippen LogP contribution in [0.1, 0.15) is 103 Å². The van der Waals surface area contributed by atoms with E-state index in [1.165, 1.54) is 28.2 Å². The number of benzene rings is 3. The van der Waals surface area contributed by atoms with Crippen LogP contribution in [0.4, 0.5) is 0 Å². The number of aryl methyl sites for hydroxylation is 1. The zero-order valence-electron chi connectivity index (χ0n) is 28.3. The van der Waals surface area contributed by atoms with Crippen molar-refractivity contribution in [3.05, 3.63) is 88.7 Å². The van der Waals surface area contributed by atoms with E-state index in [0.29, 0.717) is 5.56 Å². The summed E-state index contributed by atoms with van der Waals surface area (Å²) in [6.45, 7) is 19.5. The summed E-state index contributed by atoms with van der Waals surface area (Å²) in [5.74, 6) is 0.547. The van der Waals surface area contributed by atoms with Crippen molar-refractivity contribution >= 4 is 27.5 Å². The van der Waals surface area contributed by atoms with Gasteiger partial charge in [-0.05, 0) is 53.5 Å². The van der Waals surface area contributed by atoms with Crippen LogP contribution in [0.3, 0.4) is 0 Å². The van der Waals surface area contributed by atoms with Gasteiger partial charge in [-0.25, -0.2) is 0 Å². The molecule has 4 nitrogen and oxygen atoms in total. The topological polar surface area (TPSA) is 74.0 Å². The maximum Gasteiger partial charge on any atom is 0.162 e. The smallest absolute Gasteiger partial charge is 0.162 e. The molecule has 5 heteroatoms. The number of hydrogen-bond donors (Lipinski definition) is 1. The van der Waals surface area contributed by atoms with Crippen LogP contribution in [0.15, 0.2) is 60.4 Å². The number of para-hydroxylation sites is 1. The van der Waals surface area contributed by atoms with Gasteiger partial charge in [-0.3, -0.25) is 9.78 Å². The van der Waals surface area contributed by atoms with E-state index in [2.05, 4.69) is 71.0 Å². The summed E-state index contributed by atoms with van der Waals surface area (Å²) in [7, 11) is 0. The molecule has 3 aromatic carbocycles. The van der Waals surface area contributed by atoms with Crippen molar-refractivity contribution in [1.29, 1.82) is 5.26 Å². The molecule has 0 saturated heterocycles. The van der Waals surface area contributed by atoms with Gasteiger partial charge >= 0.3 is 0 Å². The largest absolute Gasteiger partial charge is 0.512 e. The van der Waals surface area contributed by atoms with Crippen molar-refractivity contribution in [2.75, 3.05) is 0 Å². The molecule has 0 atom stereocenters. The number of nitriles is 1. The molecule has 1 aliphatic rings. The first kappa shape index (κ1) is 36.2. The first-order valence-electron chi connectivity index (χ1n) is 16.1. The van der Waals surface area contributed by atoms with E-state index < -0.39 is 0 Å². The monoisotopic (exact) mass is 780 g/mol. The number of aliphatic hydroxyl groups excluding tert-OH is 1. The van der Waals surface area contributed by atoms with Gasteiger partial charge in [0.1, 0.15) is 0 Å². The molecule has 0 unspecified atom stereocenters. The molecule has 1 aliphatic carbocycles. The zero-order chi connectivity index (χ0) is 32.4. The van der Waals surface area contributed by atoms with Crippen LogP contribution in [0.2, 0.25) is 0 Å². The Morgan fingerprint density at radius 3 is 2.18 bits per heavy atom. The fourth-order valence-electron chi connectivity index (χ4n) is 6.72. The molecular weight excluding hydrogens is 733 g/mol. The van der Waals surface area contributed by atoms with Gasteiger partial charge in [0.2, 0.25) is 0 Å². The fraction of sp³-hybridized carbons (Fsp3) is 0.425. The molecule has 239 valence electrons. The summed E-state index contributed by atoms with van der Waals surface area (Å²) >= 11 is 0. The average Bonchev–Trinajstić information content (AvgIpc) is 3.00. The minimum atomic E-state index is -0.114. The summed E-state index contributed by atoms with van der Waals surface area (Å²) in [5.41, 5.74) is 7.41. The number of aliphatic hydroxyl groups is 1. The van der Waals surface area contributed by atoms with Crippen LogP contribution in [0, 0.1) is 36.2 Å². The Morgan fingerprint density at radius 2 is 1.58 bits per heavy atom. The number of aromatic nitrogens is 1. The number of pyridine rings is 1. The minimum Gasteiger partial charge on any atom is -0.512 e. The maximum atomic E-state index is 11.7. The minimum absolute atomic E-state index is 0. The molecule has 5 rings (SSSR count). The Kier molecular flexibility index (Phi) is 11.6. The molecule has 0 fully saturated rings. The Balaban J connectivity index is 0.000000297. The van der Waals surface area contributed by atoms with Gasteiger partial charge in [-0.1, -0.05) is 115 Å². The standard InChI is InChI=1S/C27H23N2.C13H24O2.Ir/c1-16-20-12-17(15-28)10-11-18(20)13-21-24(16)27(4,5)26(2,3)22-14-19-8-6-7-9-23(19)29-25(21)22;1-5-10(6-2)12(14)9-13(15)11(7-3)8-4;/h6-12,14H,1-5H3;9-11,14H,5-8H2,1-4H3;/q-1;;/b;12-9-;. The fourth-order valence-corrected chi connectivity index (χ4v) is 6.72. The quantitative estimate of drug-likeness (QED) is 0.115. The van der Waals surface area contributed by atoms with E-state index in [1.54, 1.807) is 0 Å². The predicted molar refractivity (Wildman–Crippen MR) is 183 cm³/mol. The third-order valence-electron chi connectivity index (χ3n) is 10.3. The van der Waals surface area contributed by atoms with Crippen LogP contribution in [-0.4, -0.2) is 15.9 Å². The van der Waals surface area contributed by atoms with Crippen molar-refractivity contribution < 1.29 is 30.0 Å². The van der Waals surface area contributed by atoms with Crippen LogP contribution in [0.25, 0.3) is 32.9 Å². The van der Waals surface area contributed by atoms with Gasteiger partial charge in [0.15, 0.2) is 5.78 Å². The normalized spacial score (nSPS) is 14.7. The van der Waals surface area contributed by atoms with E-state index in [-0.39, 0.29) is 54.3 Å². The number of allylic oxidation sites excluding steroid dienone is 2. The number of nitrogens with zero attached hydrogens (tertiary/aromatic N) is 2. The summed E-state index contributed by atoms with van der Waals surface area (Å²) < 4.78 is 0. The summed E-state index contributed by atoms with van der Waals surface area (Å²) in [5, 5.41) is 22.5. The van der Waals surface area contributed by atoms with Crippen molar-refractivity contribution in [2.24, 2.45) is 11.8 Å². The number of hydrogen-bond acceptors (Lipinski definition) is 4. The third kappa shape index (κ3) is 6.65. The van der Waals surface area contributed by atoms with E-state index in [1.807, 2.05) is 52.0 Å². The van der Waals surface area contributed by atoms with Crippen molar-refractivity contribution in [1.82, 2.24) is 4.98 Å². The second-order valence-electron chi connectivity index (χ2n) is 13.2. The second-order valence-corrected chi connectivity index (χ2v) is 13.2. The van der Waals surface area contributed by atoms with Crippen LogP contribution < -0.4 is 0 Å². The van der Waals surface area contributed by atoms with Gasteiger partial charge in [-0.15, -0.1) is 23.1 Å². The Hall–Kier alpha value is -3.32. The molecule has 0 aliphatic heterocycles. The van der Waals surface area contributed by atoms with Crippen molar-refractivity contribution in [3.8, 4) is 17.3 Å². The summed E-state index contributed by atoms with van der Waals surface area (Å²) in [6.07, 6.45) is 4.91. The van der Waals surface area contributed by atoms with Crippen LogP contribution in [-0.2, 0) is 35.7 Å². The van der Waals surface area contributed by atoms with Gasteiger partial charge in [-0.2, -0.15) is 5.26 Å². The number of rotatable bonds is 7. The molecule has 0 spiro atoms. The third-order valence-corrected chi connectivity index (χ3v) is 10.3. The molecule has 0 amide bonds. The van der Waals surface area contributed by atoms with Gasteiger partial charge in [0, 0.05) is 49.3 Å². The molecule has 1 aromatic heterocycles. The number of fused-ring (bicyclic) bond motifs is 5. The van der Waals surface area contributed by atoms with Crippen LogP contribution >= 0.6 is 0 Å². The molecule has 0 saturated carbocycles. The number of ketones is 1. The molecule has 1 N–H and O–H groups in total. The molecule has 1 heterocycles. The van der Waals surface area contributed by atoms with E-state index >= 15 is 0 Å². The Morgan fingerprint density at radius 1 is 0.956 bits per heavy atom. The number of carbonyl (C=O) groups is 1. The Bertz CT molecular complexity index is 1770. The van der Waals surface area contributed by atoms with Crippen molar-refractivity contribution in [3.63, 3.8) is 0 Å². The molecule has 45 heavy (non-hydrogen) atoms. The summed E-state index contributed by atoms with van der Waals surface area (Å²) in [6, 6.07) is 22.5. The van der Waals surface area contributed by atoms with E-state index in [4.69, 9.17) is 4.98 Å². The zero-order valence-corrected chi connectivity index (χ0v) is 30.7. The average molecular weight is 780 g/mol. The van der Waals surface area contributed by atoms with E-state index in [9.17, 15) is 15.2 Å². The van der Waals surface area contributed by atoms with Gasteiger partial charge < -0.3 is 5.11 Å². The first-order valence-corrected chi connectivity index (χ1v) is 16.1. The molecular formula is C40H47IrN2O2-. The maximum absolute atomic E-state index is 11.7. The van der Waals surface area contributed by atoms with E-state index in [0.717, 1.165) is 53.2 Å². The second kappa shape index (κ2) is 14.4. The molecule has 1 radical (unpaired) electrons.